The van der Waals surface area contributed by atoms with Gasteiger partial charge in [-0.1, -0.05) is 42.1 Å². The number of hydrogen-bond acceptors (Lipinski definition) is 6. The Morgan fingerprint density at radius 3 is 2.84 bits per heavy atom. The number of thiophene rings is 1. The number of nitrogens with zero attached hydrogens (tertiary/aromatic N) is 2. The van der Waals surface area contributed by atoms with Crippen molar-refractivity contribution < 1.29 is 9.53 Å². The summed E-state index contributed by atoms with van der Waals surface area (Å²) in [5.41, 5.74) is 1.92. The second-order valence-electron chi connectivity index (χ2n) is 8.33. The van der Waals surface area contributed by atoms with Crippen LogP contribution < -0.4 is 5.56 Å². The number of aromatic nitrogens is 2. The molecule has 1 aliphatic heterocycles. The third kappa shape index (κ3) is 4.11. The van der Waals surface area contributed by atoms with E-state index in [0.717, 1.165) is 48.9 Å². The number of benzene rings is 1. The van der Waals surface area contributed by atoms with Crippen LogP contribution in [0.1, 0.15) is 53.4 Å². The number of ether oxygens (including phenoxy) is 1. The summed E-state index contributed by atoms with van der Waals surface area (Å²) in [5.74, 6) is 0.0501. The number of ketones is 1. The zero-order valence-corrected chi connectivity index (χ0v) is 19.3. The van der Waals surface area contributed by atoms with Crippen LogP contribution in [0.5, 0.6) is 0 Å². The minimum Gasteiger partial charge on any atom is -0.376 e. The molecule has 5 nitrogen and oxygen atoms in total. The van der Waals surface area contributed by atoms with Gasteiger partial charge in [0.05, 0.1) is 23.3 Å². The molecule has 3 aromatic rings. The molecule has 3 heterocycles. The summed E-state index contributed by atoms with van der Waals surface area (Å²) in [6.45, 7) is 3.14. The van der Waals surface area contributed by atoms with Crippen LogP contribution in [0.2, 0.25) is 0 Å². The van der Waals surface area contributed by atoms with Crippen LogP contribution in [0.15, 0.2) is 40.3 Å². The quantitative estimate of drug-likeness (QED) is 0.302. The van der Waals surface area contributed by atoms with Crippen molar-refractivity contribution in [1.29, 1.82) is 0 Å². The van der Waals surface area contributed by atoms with E-state index in [1.807, 2.05) is 37.3 Å². The first-order valence-corrected chi connectivity index (χ1v) is 12.7. The van der Waals surface area contributed by atoms with Crippen LogP contribution in [0, 0.1) is 0 Å². The van der Waals surface area contributed by atoms with Gasteiger partial charge in [0.2, 0.25) is 0 Å². The van der Waals surface area contributed by atoms with Crippen molar-refractivity contribution in [1.82, 2.24) is 9.55 Å². The standard InChI is InChI=1S/C24H26N2O3S2/c1-15(21(27)16-8-3-2-4-9-16)30-24-25-22-20(18-11-5-6-12-19(18)31-22)23(28)26(24)14-17-10-7-13-29-17/h2-4,8-9,15,17H,5-7,10-14H2,1H3. The van der Waals surface area contributed by atoms with Crippen LogP contribution in [-0.2, 0) is 24.1 Å². The van der Waals surface area contributed by atoms with E-state index in [-0.39, 0.29) is 22.7 Å². The Morgan fingerprint density at radius 1 is 1.26 bits per heavy atom. The molecule has 0 N–H and O–H groups in total. The highest BCUT2D eigenvalue weighted by molar-refractivity contribution is 8.00. The predicted octanol–water partition coefficient (Wildman–Crippen LogP) is 4.88. The molecular weight excluding hydrogens is 428 g/mol. The van der Waals surface area contributed by atoms with Crippen LogP contribution in [0.4, 0.5) is 0 Å². The van der Waals surface area contributed by atoms with Crippen LogP contribution in [0.3, 0.4) is 0 Å². The first-order valence-electron chi connectivity index (χ1n) is 11.0. The lowest BCUT2D eigenvalue weighted by Crippen LogP contribution is -2.30. The number of rotatable bonds is 6. The van der Waals surface area contributed by atoms with Crippen LogP contribution in [-0.4, -0.2) is 33.3 Å². The molecule has 5 rings (SSSR count). The number of aryl methyl sites for hydroxylation is 2. The van der Waals surface area contributed by atoms with Gasteiger partial charge in [0.1, 0.15) is 4.83 Å². The third-order valence-electron chi connectivity index (χ3n) is 6.16. The maximum Gasteiger partial charge on any atom is 0.263 e. The Bertz CT molecular complexity index is 1160. The van der Waals surface area contributed by atoms with E-state index in [9.17, 15) is 9.59 Å². The number of Topliss-reactive ketones (excluding diaryl/α,β-unsaturated/α-hetero) is 1. The van der Waals surface area contributed by atoms with Crippen molar-refractivity contribution in [2.75, 3.05) is 6.61 Å². The minimum atomic E-state index is -0.336. The lowest BCUT2D eigenvalue weighted by molar-refractivity contribution is 0.0937. The highest BCUT2D eigenvalue weighted by Crippen LogP contribution is 2.35. The lowest BCUT2D eigenvalue weighted by atomic mass is 9.97. The van der Waals surface area contributed by atoms with Crippen molar-refractivity contribution in [3.05, 3.63) is 56.7 Å². The molecule has 2 aromatic heterocycles. The predicted molar refractivity (Wildman–Crippen MR) is 126 cm³/mol. The van der Waals surface area contributed by atoms with E-state index in [2.05, 4.69) is 0 Å². The molecule has 2 atom stereocenters. The normalized spacial score (nSPS) is 19.5. The maximum absolute atomic E-state index is 13.7. The van der Waals surface area contributed by atoms with Gasteiger partial charge in [-0.15, -0.1) is 11.3 Å². The summed E-state index contributed by atoms with van der Waals surface area (Å²) in [5, 5.41) is 1.09. The maximum atomic E-state index is 13.7. The molecule has 2 aliphatic rings. The van der Waals surface area contributed by atoms with Gasteiger partial charge in [-0.2, -0.15) is 0 Å². The summed E-state index contributed by atoms with van der Waals surface area (Å²) in [6.07, 6.45) is 6.31. The third-order valence-corrected chi connectivity index (χ3v) is 8.44. The second-order valence-corrected chi connectivity index (χ2v) is 10.7. The molecule has 0 saturated carbocycles. The molecule has 0 amide bonds. The van der Waals surface area contributed by atoms with E-state index in [1.165, 1.54) is 28.6 Å². The molecular formula is C24H26N2O3S2. The molecule has 2 unspecified atom stereocenters. The molecule has 0 spiro atoms. The Kier molecular flexibility index (Phi) is 5.99. The van der Waals surface area contributed by atoms with Crippen LogP contribution >= 0.6 is 23.1 Å². The second kappa shape index (κ2) is 8.88. The summed E-state index contributed by atoms with van der Waals surface area (Å²) in [4.78, 5) is 33.7. The molecule has 1 saturated heterocycles. The molecule has 1 aliphatic carbocycles. The van der Waals surface area contributed by atoms with Crippen molar-refractivity contribution in [2.24, 2.45) is 0 Å². The first kappa shape index (κ1) is 20.9. The van der Waals surface area contributed by atoms with Crippen molar-refractivity contribution >= 4 is 39.1 Å². The smallest absolute Gasteiger partial charge is 0.263 e. The molecule has 7 heteroatoms. The Balaban J connectivity index is 1.55. The van der Waals surface area contributed by atoms with Crippen molar-refractivity contribution in [3.8, 4) is 0 Å². The van der Waals surface area contributed by atoms with Gasteiger partial charge < -0.3 is 4.74 Å². The number of carbonyl (C=O) groups excluding carboxylic acids is 1. The van der Waals surface area contributed by atoms with E-state index in [0.29, 0.717) is 17.3 Å². The molecule has 31 heavy (non-hydrogen) atoms. The Labute approximate surface area is 189 Å². The summed E-state index contributed by atoms with van der Waals surface area (Å²) >= 11 is 3.04. The molecule has 0 radical (unpaired) electrons. The average Bonchev–Trinajstić information content (AvgIpc) is 3.43. The fourth-order valence-electron chi connectivity index (χ4n) is 4.51. The Morgan fingerprint density at radius 2 is 2.06 bits per heavy atom. The topological polar surface area (TPSA) is 61.2 Å². The van der Waals surface area contributed by atoms with E-state index < -0.39 is 0 Å². The molecule has 0 bridgehead atoms. The van der Waals surface area contributed by atoms with Gasteiger partial charge in [0.25, 0.3) is 5.56 Å². The minimum absolute atomic E-state index is 0.0294. The molecule has 1 aromatic carbocycles. The van der Waals surface area contributed by atoms with Crippen molar-refractivity contribution in [3.63, 3.8) is 0 Å². The van der Waals surface area contributed by atoms with Gasteiger partial charge in [-0.05, 0) is 51.0 Å². The van der Waals surface area contributed by atoms with Crippen molar-refractivity contribution in [2.45, 2.75) is 68.5 Å². The van der Waals surface area contributed by atoms with Gasteiger partial charge >= 0.3 is 0 Å². The molecule has 162 valence electrons. The van der Waals surface area contributed by atoms with E-state index >= 15 is 0 Å². The number of carbonyl (C=O) groups is 1. The monoisotopic (exact) mass is 454 g/mol. The van der Waals surface area contributed by atoms with Gasteiger partial charge in [-0.25, -0.2) is 4.98 Å². The highest BCUT2D eigenvalue weighted by Gasteiger charge is 2.27. The zero-order valence-electron chi connectivity index (χ0n) is 17.6. The number of fused-ring (bicyclic) bond motifs is 3. The van der Waals surface area contributed by atoms with E-state index in [1.54, 1.807) is 15.9 Å². The van der Waals surface area contributed by atoms with Crippen LogP contribution in [0.25, 0.3) is 10.2 Å². The first-order chi connectivity index (χ1) is 15.1. The van der Waals surface area contributed by atoms with Gasteiger partial charge in [0, 0.05) is 17.0 Å². The fourth-order valence-corrected chi connectivity index (χ4v) is 6.81. The largest absolute Gasteiger partial charge is 0.376 e. The zero-order chi connectivity index (χ0) is 21.4. The summed E-state index contributed by atoms with van der Waals surface area (Å²) < 4.78 is 7.61. The Hall–Kier alpha value is -1.96. The number of thioether (sulfide) groups is 1. The summed E-state index contributed by atoms with van der Waals surface area (Å²) in [6, 6.07) is 9.32. The average molecular weight is 455 g/mol. The van der Waals surface area contributed by atoms with Gasteiger partial charge in [0.15, 0.2) is 10.9 Å². The fraction of sp³-hybridized carbons (Fsp3) is 0.458. The highest BCUT2D eigenvalue weighted by atomic mass is 32.2. The molecule has 1 fully saturated rings. The lowest BCUT2D eigenvalue weighted by Gasteiger charge is -2.18. The SMILES string of the molecule is CC(Sc1nc2sc3c(c2c(=O)n1CC1CCCO1)CCCC3)C(=O)c1ccccc1. The van der Waals surface area contributed by atoms with E-state index in [4.69, 9.17) is 9.72 Å². The number of hydrogen-bond donors (Lipinski definition) is 0. The summed E-state index contributed by atoms with van der Waals surface area (Å²) in [7, 11) is 0. The van der Waals surface area contributed by atoms with Gasteiger partial charge in [-0.3, -0.25) is 14.2 Å².